The molecule has 36 heavy (non-hydrogen) atoms. The maximum atomic E-state index is 14.1. The number of para-hydroxylation sites is 1. The van der Waals surface area contributed by atoms with Crippen LogP contribution in [0.25, 0.3) is 0 Å². The number of nitrogens with one attached hydrogen (secondary N) is 1. The standard InChI is InChI=1S/C28H27FN4O3/c29-23-11-4-5-12-25(23)31-13-15-32(16-14-31)27(35)22-10-6-7-20(17-22)19-33-26(34)18-24(30-28(33)36)21-8-2-1-3-9-21/h1-12,17,24H,13-16,18-19H2,(H,30,36). The fourth-order valence-electron chi connectivity index (χ4n) is 4.75. The molecule has 2 aliphatic rings. The topological polar surface area (TPSA) is 73.0 Å². The van der Waals surface area contributed by atoms with Gasteiger partial charge in [0.1, 0.15) is 5.82 Å². The fraction of sp³-hybridized carbons (Fsp3) is 0.250. The molecule has 0 aromatic heterocycles. The van der Waals surface area contributed by atoms with Crippen LogP contribution in [0, 0.1) is 5.82 Å². The maximum Gasteiger partial charge on any atom is 0.324 e. The Bertz CT molecular complexity index is 1260. The first-order chi connectivity index (χ1) is 17.5. The van der Waals surface area contributed by atoms with Crippen LogP contribution in [0.4, 0.5) is 14.9 Å². The zero-order valence-electron chi connectivity index (χ0n) is 19.8. The van der Waals surface area contributed by atoms with Crippen LogP contribution < -0.4 is 10.2 Å². The second-order valence-electron chi connectivity index (χ2n) is 9.03. The van der Waals surface area contributed by atoms with Crippen molar-refractivity contribution in [2.24, 2.45) is 0 Å². The Morgan fingerprint density at radius 2 is 1.61 bits per heavy atom. The van der Waals surface area contributed by atoms with E-state index >= 15 is 0 Å². The molecule has 4 amide bonds. The van der Waals surface area contributed by atoms with E-state index in [1.807, 2.05) is 35.2 Å². The molecule has 1 unspecified atom stereocenters. The second-order valence-corrected chi connectivity index (χ2v) is 9.03. The monoisotopic (exact) mass is 486 g/mol. The number of hydrogen-bond acceptors (Lipinski definition) is 4. The van der Waals surface area contributed by atoms with E-state index in [4.69, 9.17) is 0 Å². The third kappa shape index (κ3) is 4.93. The molecular weight excluding hydrogens is 459 g/mol. The van der Waals surface area contributed by atoms with Crippen LogP contribution in [-0.4, -0.2) is 53.8 Å². The summed E-state index contributed by atoms with van der Waals surface area (Å²) in [7, 11) is 0. The number of rotatable bonds is 5. The van der Waals surface area contributed by atoms with Crippen LogP contribution in [-0.2, 0) is 11.3 Å². The highest BCUT2D eigenvalue weighted by Gasteiger charge is 2.33. The summed E-state index contributed by atoms with van der Waals surface area (Å²) in [5.74, 6) is -0.645. The molecule has 2 heterocycles. The summed E-state index contributed by atoms with van der Waals surface area (Å²) in [4.78, 5) is 43.5. The van der Waals surface area contributed by atoms with Gasteiger partial charge in [-0.1, -0.05) is 54.6 Å². The van der Waals surface area contributed by atoms with Crippen molar-refractivity contribution in [1.29, 1.82) is 0 Å². The molecule has 3 aromatic carbocycles. The third-order valence-electron chi connectivity index (χ3n) is 6.70. The van der Waals surface area contributed by atoms with Gasteiger partial charge >= 0.3 is 6.03 Å². The lowest BCUT2D eigenvalue weighted by Gasteiger charge is -2.36. The molecule has 2 fully saturated rings. The Morgan fingerprint density at radius 3 is 2.33 bits per heavy atom. The number of amides is 4. The summed E-state index contributed by atoms with van der Waals surface area (Å²) in [6.45, 7) is 2.12. The Balaban J connectivity index is 1.21. The molecular formula is C28H27FN4O3. The summed E-state index contributed by atoms with van der Waals surface area (Å²) in [6.07, 6.45) is 0.181. The predicted molar refractivity (Wildman–Crippen MR) is 134 cm³/mol. The largest absolute Gasteiger partial charge is 0.366 e. The number of hydrogen-bond donors (Lipinski definition) is 1. The van der Waals surface area contributed by atoms with E-state index < -0.39 is 6.03 Å². The van der Waals surface area contributed by atoms with Gasteiger partial charge in [-0.15, -0.1) is 0 Å². The lowest BCUT2D eigenvalue weighted by atomic mass is 10.0. The average Bonchev–Trinajstić information content (AvgIpc) is 2.91. The number of nitrogens with zero attached hydrogens (tertiary/aromatic N) is 3. The van der Waals surface area contributed by atoms with Gasteiger partial charge in [-0.05, 0) is 35.4 Å². The van der Waals surface area contributed by atoms with Crippen LogP contribution in [0.3, 0.4) is 0 Å². The Hall–Kier alpha value is -4.20. The highest BCUT2D eigenvalue weighted by atomic mass is 19.1. The Kier molecular flexibility index (Phi) is 6.66. The van der Waals surface area contributed by atoms with Crippen LogP contribution in [0.1, 0.15) is 33.9 Å². The molecule has 1 N–H and O–H groups in total. The molecule has 0 aliphatic carbocycles. The van der Waals surface area contributed by atoms with Gasteiger partial charge in [0.25, 0.3) is 5.91 Å². The minimum absolute atomic E-state index is 0.0916. The minimum Gasteiger partial charge on any atom is -0.366 e. The van der Waals surface area contributed by atoms with Crippen molar-refractivity contribution in [3.63, 3.8) is 0 Å². The summed E-state index contributed by atoms with van der Waals surface area (Å²) < 4.78 is 14.1. The van der Waals surface area contributed by atoms with Gasteiger partial charge in [0, 0.05) is 31.7 Å². The van der Waals surface area contributed by atoms with E-state index in [2.05, 4.69) is 5.32 Å². The Morgan fingerprint density at radius 1 is 0.889 bits per heavy atom. The van der Waals surface area contributed by atoms with E-state index in [0.717, 1.165) is 5.56 Å². The highest BCUT2D eigenvalue weighted by molar-refractivity contribution is 5.97. The van der Waals surface area contributed by atoms with Crippen LogP contribution in [0.15, 0.2) is 78.9 Å². The fourth-order valence-corrected chi connectivity index (χ4v) is 4.75. The minimum atomic E-state index is -0.443. The SMILES string of the molecule is O=C(c1cccc(CN2C(=O)CC(c3ccccc3)NC2=O)c1)N1CCN(c2ccccc2F)CC1. The van der Waals surface area contributed by atoms with E-state index in [0.29, 0.717) is 43.0 Å². The molecule has 7 nitrogen and oxygen atoms in total. The lowest BCUT2D eigenvalue weighted by Crippen LogP contribution is -2.50. The van der Waals surface area contributed by atoms with Gasteiger partial charge in [0.15, 0.2) is 0 Å². The van der Waals surface area contributed by atoms with Crippen LogP contribution in [0.5, 0.6) is 0 Å². The molecule has 0 bridgehead atoms. The number of benzene rings is 3. The van der Waals surface area contributed by atoms with Gasteiger partial charge in [0.05, 0.1) is 24.7 Å². The first-order valence-electron chi connectivity index (χ1n) is 12.0. The normalized spacial score (nSPS) is 18.2. The van der Waals surface area contributed by atoms with Crippen LogP contribution >= 0.6 is 0 Å². The van der Waals surface area contributed by atoms with Crippen molar-refractivity contribution < 1.29 is 18.8 Å². The molecule has 0 radical (unpaired) electrons. The van der Waals surface area contributed by atoms with Crippen molar-refractivity contribution in [3.8, 4) is 0 Å². The molecule has 0 saturated carbocycles. The summed E-state index contributed by atoms with van der Waals surface area (Å²) in [5.41, 5.74) is 2.64. The molecule has 5 rings (SSSR count). The summed E-state index contributed by atoms with van der Waals surface area (Å²) in [5, 5.41) is 2.90. The first-order valence-corrected chi connectivity index (χ1v) is 12.0. The number of carbonyl (C=O) groups excluding carboxylic acids is 3. The molecule has 2 aliphatic heterocycles. The average molecular weight is 487 g/mol. The van der Waals surface area contributed by atoms with Crippen molar-refractivity contribution in [2.75, 3.05) is 31.1 Å². The number of urea groups is 1. The maximum absolute atomic E-state index is 14.1. The van der Waals surface area contributed by atoms with Crippen molar-refractivity contribution >= 4 is 23.5 Å². The van der Waals surface area contributed by atoms with E-state index in [1.165, 1.54) is 11.0 Å². The van der Waals surface area contributed by atoms with Crippen molar-refractivity contribution in [2.45, 2.75) is 19.0 Å². The number of piperazine rings is 1. The van der Waals surface area contributed by atoms with E-state index in [9.17, 15) is 18.8 Å². The predicted octanol–water partition coefficient (Wildman–Crippen LogP) is 3.97. The summed E-state index contributed by atoms with van der Waals surface area (Å²) in [6, 6.07) is 22.3. The zero-order chi connectivity index (χ0) is 25.1. The quantitative estimate of drug-likeness (QED) is 0.592. The second kappa shape index (κ2) is 10.2. The van der Waals surface area contributed by atoms with Crippen molar-refractivity contribution in [3.05, 3.63) is 101 Å². The number of anilines is 1. The summed E-state index contributed by atoms with van der Waals surface area (Å²) >= 11 is 0. The van der Waals surface area contributed by atoms with Gasteiger partial charge in [-0.2, -0.15) is 0 Å². The molecule has 0 spiro atoms. The van der Waals surface area contributed by atoms with Crippen molar-refractivity contribution in [1.82, 2.24) is 15.1 Å². The smallest absolute Gasteiger partial charge is 0.324 e. The highest BCUT2D eigenvalue weighted by Crippen LogP contribution is 2.24. The van der Waals surface area contributed by atoms with E-state index in [1.54, 1.807) is 47.4 Å². The number of imide groups is 1. The van der Waals surface area contributed by atoms with Gasteiger partial charge < -0.3 is 15.1 Å². The van der Waals surface area contributed by atoms with Gasteiger partial charge in [0.2, 0.25) is 5.91 Å². The van der Waals surface area contributed by atoms with Crippen LogP contribution in [0.2, 0.25) is 0 Å². The molecule has 3 aromatic rings. The molecule has 8 heteroatoms. The third-order valence-corrected chi connectivity index (χ3v) is 6.70. The van der Waals surface area contributed by atoms with Gasteiger partial charge in [-0.3, -0.25) is 14.5 Å². The molecule has 1 atom stereocenters. The van der Waals surface area contributed by atoms with E-state index in [-0.39, 0.29) is 36.6 Å². The molecule has 2 saturated heterocycles. The number of halogens is 1. The zero-order valence-corrected chi connectivity index (χ0v) is 19.8. The molecule has 184 valence electrons. The first kappa shape index (κ1) is 23.5. The lowest BCUT2D eigenvalue weighted by molar-refractivity contribution is -0.130. The Labute approximate surface area is 209 Å². The van der Waals surface area contributed by atoms with Gasteiger partial charge in [-0.25, -0.2) is 9.18 Å². The number of carbonyl (C=O) groups is 3.